The fraction of sp³-hybridized carbons (Fsp3) is 0.643. The van der Waals surface area contributed by atoms with Crippen molar-refractivity contribution in [1.29, 1.82) is 0 Å². The summed E-state index contributed by atoms with van der Waals surface area (Å²) in [5, 5.41) is 5.60. The predicted octanol–water partition coefficient (Wildman–Crippen LogP) is 1.98. The van der Waals surface area contributed by atoms with E-state index in [1.807, 2.05) is 0 Å². The zero-order valence-corrected chi connectivity index (χ0v) is 12.9. The van der Waals surface area contributed by atoms with Gasteiger partial charge in [0, 0.05) is 30.7 Å². The van der Waals surface area contributed by atoms with E-state index in [1.165, 1.54) is 25.9 Å². The molecular formula is C14H22N4OS. The average Bonchev–Trinajstić information content (AvgIpc) is 3.16. The molecule has 1 fully saturated rings. The van der Waals surface area contributed by atoms with Crippen LogP contribution in [0.25, 0.3) is 4.96 Å². The molecule has 3 heterocycles. The van der Waals surface area contributed by atoms with Gasteiger partial charge in [-0.1, -0.05) is 0 Å². The second-order valence-electron chi connectivity index (χ2n) is 5.35. The molecule has 1 aliphatic rings. The summed E-state index contributed by atoms with van der Waals surface area (Å²) in [5.41, 5.74) is 1.11. The lowest BCUT2D eigenvalue weighted by Gasteiger charge is -2.23. The van der Waals surface area contributed by atoms with Crippen LogP contribution in [-0.4, -0.2) is 47.1 Å². The quantitative estimate of drug-likeness (QED) is 0.884. The molecule has 3 rings (SSSR count). The molecule has 1 atom stereocenters. The molecule has 0 aliphatic carbocycles. The zero-order valence-electron chi connectivity index (χ0n) is 12.1. The zero-order chi connectivity index (χ0) is 13.9. The molecule has 110 valence electrons. The summed E-state index contributed by atoms with van der Waals surface area (Å²) in [4.78, 5) is 8.02. The van der Waals surface area contributed by atoms with Gasteiger partial charge >= 0.3 is 0 Å². The molecule has 2 aromatic rings. The van der Waals surface area contributed by atoms with Crippen LogP contribution in [0.15, 0.2) is 11.6 Å². The summed E-state index contributed by atoms with van der Waals surface area (Å²) in [6, 6.07) is 0.592. The van der Waals surface area contributed by atoms with Crippen LogP contribution in [0.1, 0.15) is 25.5 Å². The number of nitrogens with zero attached hydrogens (tertiary/aromatic N) is 3. The summed E-state index contributed by atoms with van der Waals surface area (Å²) in [6.45, 7) is 6.58. The van der Waals surface area contributed by atoms with Gasteiger partial charge in [-0.15, -0.1) is 11.3 Å². The Balaban J connectivity index is 1.60. The maximum Gasteiger partial charge on any atom is 0.237 e. The molecule has 1 unspecified atom stereocenters. The number of rotatable bonds is 6. The van der Waals surface area contributed by atoms with Crippen LogP contribution in [0.4, 0.5) is 0 Å². The van der Waals surface area contributed by atoms with Gasteiger partial charge in [0.05, 0.1) is 7.11 Å². The molecule has 1 saturated heterocycles. The molecule has 2 aromatic heterocycles. The van der Waals surface area contributed by atoms with Crippen molar-refractivity contribution < 1.29 is 4.74 Å². The van der Waals surface area contributed by atoms with Crippen molar-refractivity contribution in [3.05, 3.63) is 17.3 Å². The lowest BCUT2D eigenvalue weighted by molar-refractivity contribution is 0.251. The number of hydrogen-bond acceptors (Lipinski definition) is 5. The third-order valence-electron chi connectivity index (χ3n) is 4.01. The molecule has 6 heteroatoms. The van der Waals surface area contributed by atoms with Crippen molar-refractivity contribution in [3.63, 3.8) is 0 Å². The molecule has 0 saturated carbocycles. The summed E-state index contributed by atoms with van der Waals surface area (Å²) >= 11 is 1.63. The Labute approximate surface area is 123 Å². The van der Waals surface area contributed by atoms with E-state index in [0.717, 1.165) is 29.6 Å². The molecule has 1 aliphatic heterocycles. The molecule has 1 N–H and O–H groups in total. The minimum Gasteiger partial charge on any atom is -0.480 e. The molecule has 5 nitrogen and oxygen atoms in total. The van der Waals surface area contributed by atoms with Crippen molar-refractivity contribution in [2.75, 3.05) is 26.7 Å². The van der Waals surface area contributed by atoms with Crippen molar-refractivity contribution in [3.8, 4) is 5.88 Å². The minimum atomic E-state index is 0.592. The van der Waals surface area contributed by atoms with Gasteiger partial charge in [-0.25, -0.2) is 0 Å². The minimum absolute atomic E-state index is 0.592. The summed E-state index contributed by atoms with van der Waals surface area (Å²) in [7, 11) is 1.68. The first-order valence-electron chi connectivity index (χ1n) is 7.23. The van der Waals surface area contributed by atoms with Crippen molar-refractivity contribution >= 4 is 16.3 Å². The van der Waals surface area contributed by atoms with E-state index in [4.69, 9.17) is 4.74 Å². The average molecular weight is 294 g/mol. The summed E-state index contributed by atoms with van der Waals surface area (Å²) < 4.78 is 7.48. The number of imidazole rings is 1. The summed E-state index contributed by atoms with van der Waals surface area (Å²) in [6.07, 6.45) is 4.74. The Morgan fingerprint density at radius 2 is 2.25 bits per heavy atom. The first-order chi connectivity index (χ1) is 9.79. The third kappa shape index (κ3) is 2.68. The number of likely N-dealkylation sites (tertiary alicyclic amines) is 1. The second-order valence-corrected chi connectivity index (χ2v) is 6.22. The second kappa shape index (κ2) is 6.11. The monoisotopic (exact) mass is 294 g/mol. The highest BCUT2D eigenvalue weighted by Gasteiger charge is 2.18. The molecule has 0 aromatic carbocycles. The van der Waals surface area contributed by atoms with E-state index in [0.29, 0.717) is 6.04 Å². The molecule has 0 amide bonds. The van der Waals surface area contributed by atoms with Gasteiger partial charge in [0.2, 0.25) is 5.88 Å². The van der Waals surface area contributed by atoms with Crippen LogP contribution in [-0.2, 0) is 6.54 Å². The highest BCUT2D eigenvalue weighted by molar-refractivity contribution is 7.15. The van der Waals surface area contributed by atoms with Crippen LogP contribution >= 0.6 is 11.3 Å². The lowest BCUT2D eigenvalue weighted by atomic mass is 10.3. The van der Waals surface area contributed by atoms with Crippen LogP contribution in [0, 0.1) is 0 Å². The number of methoxy groups -OCH3 is 1. The van der Waals surface area contributed by atoms with Crippen molar-refractivity contribution in [1.82, 2.24) is 19.6 Å². The fourth-order valence-electron chi connectivity index (χ4n) is 2.85. The van der Waals surface area contributed by atoms with E-state index >= 15 is 0 Å². The fourth-order valence-corrected chi connectivity index (χ4v) is 3.57. The largest absolute Gasteiger partial charge is 0.480 e. The topological polar surface area (TPSA) is 41.8 Å². The lowest BCUT2D eigenvalue weighted by Crippen LogP contribution is -2.38. The van der Waals surface area contributed by atoms with Gasteiger partial charge in [0.15, 0.2) is 4.96 Å². The number of aromatic nitrogens is 2. The van der Waals surface area contributed by atoms with Crippen LogP contribution in [0.2, 0.25) is 0 Å². The van der Waals surface area contributed by atoms with E-state index in [1.54, 1.807) is 18.4 Å². The van der Waals surface area contributed by atoms with Gasteiger partial charge in [-0.05, 0) is 32.9 Å². The number of fused-ring (bicyclic) bond motifs is 1. The smallest absolute Gasteiger partial charge is 0.237 e. The van der Waals surface area contributed by atoms with Gasteiger partial charge in [-0.2, -0.15) is 4.98 Å². The first-order valence-corrected chi connectivity index (χ1v) is 8.10. The van der Waals surface area contributed by atoms with Crippen LogP contribution in [0.3, 0.4) is 0 Å². The molecular weight excluding hydrogens is 272 g/mol. The Bertz CT molecular complexity index is 559. The maximum atomic E-state index is 5.37. The van der Waals surface area contributed by atoms with Gasteiger partial charge in [0.25, 0.3) is 0 Å². The molecule has 20 heavy (non-hydrogen) atoms. The highest BCUT2D eigenvalue weighted by Crippen LogP contribution is 2.22. The number of hydrogen-bond donors (Lipinski definition) is 1. The standard InChI is InChI=1S/C14H22N4OS/c1-11(17-5-3-4-6-17)9-15-10-12-13(19-2)16-14-18(12)7-8-20-14/h7-8,11,15H,3-6,9-10H2,1-2H3. The van der Waals surface area contributed by atoms with E-state index in [2.05, 4.69) is 38.1 Å². The van der Waals surface area contributed by atoms with Gasteiger partial charge < -0.3 is 10.1 Å². The van der Waals surface area contributed by atoms with E-state index < -0.39 is 0 Å². The van der Waals surface area contributed by atoms with Crippen molar-refractivity contribution in [2.24, 2.45) is 0 Å². The van der Waals surface area contributed by atoms with E-state index in [9.17, 15) is 0 Å². The summed E-state index contributed by atoms with van der Waals surface area (Å²) in [5.74, 6) is 0.734. The van der Waals surface area contributed by atoms with Gasteiger partial charge in [0.1, 0.15) is 5.69 Å². The molecule has 0 bridgehead atoms. The number of thiazole rings is 1. The normalized spacial score (nSPS) is 17.9. The Hall–Kier alpha value is -1.11. The Morgan fingerprint density at radius 1 is 1.45 bits per heavy atom. The molecule has 0 radical (unpaired) electrons. The third-order valence-corrected chi connectivity index (χ3v) is 4.77. The van der Waals surface area contributed by atoms with Gasteiger partial charge in [-0.3, -0.25) is 9.30 Å². The Kier molecular flexibility index (Phi) is 4.24. The maximum absolute atomic E-state index is 5.37. The van der Waals surface area contributed by atoms with Crippen LogP contribution in [0.5, 0.6) is 5.88 Å². The first kappa shape index (κ1) is 13.9. The molecule has 0 spiro atoms. The SMILES string of the molecule is COc1nc2sccn2c1CNCC(C)N1CCCC1. The van der Waals surface area contributed by atoms with Crippen LogP contribution < -0.4 is 10.1 Å². The highest BCUT2D eigenvalue weighted by atomic mass is 32.1. The Morgan fingerprint density at radius 3 is 3.00 bits per heavy atom. The number of ether oxygens (including phenoxy) is 1. The van der Waals surface area contributed by atoms with E-state index in [-0.39, 0.29) is 0 Å². The predicted molar refractivity (Wildman–Crippen MR) is 81.6 cm³/mol. The van der Waals surface area contributed by atoms with Crippen molar-refractivity contribution in [2.45, 2.75) is 32.4 Å². The number of nitrogens with one attached hydrogen (secondary N) is 1.